The first-order chi connectivity index (χ1) is 11.3. The Morgan fingerprint density at radius 1 is 1.25 bits per heavy atom. The highest BCUT2D eigenvalue weighted by Crippen LogP contribution is 2.23. The molecule has 5 nitrogen and oxygen atoms in total. The van der Waals surface area contributed by atoms with Gasteiger partial charge in [0.1, 0.15) is 0 Å². The number of guanidine groups is 1. The number of nitrogens with zero attached hydrogens (tertiary/aromatic N) is 3. The molecule has 0 heterocycles. The van der Waals surface area contributed by atoms with Gasteiger partial charge in [-0.2, -0.15) is 0 Å². The van der Waals surface area contributed by atoms with Crippen LogP contribution in [0.4, 0.5) is 10.5 Å². The Labute approximate surface area is 146 Å². The van der Waals surface area contributed by atoms with E-state index in [1.807, 2.05) is 26.0 Å². The molecule has 0 fully saturated rings. The molecule has 0 saturated carbocycles. The van der Waals surface area contributed by atoms with E-state index in [9.17, 15) is 4.79 Å². The maximum atomic E-state index is 12.3. The highest BCUT2D eigenvalue weighted by atomic mass is 16.2. The van der Waals surface area contributed by atoms with E-state index in [0.717, 1.165) is 42.7 Å². The second kappa shape index (κ2) is 9.30. The second-order valence-corrected chi connectivity index (χ2v) is 6.23. The first kappa shape index (κ1) is 20.0. The number of urea groups is 1. The van der Waals surface area contributed by atoms with Crippen molar-refractivity contribution in [3.63, 3.8) is 0 Å². The molecule has 1 atom stereocenters. The molecular weight excluding hydrogens is 300 g/mol. The monoisotopic (exact) mass is 332 g/mol. The standard InChI is InChI=1S/C19H32N4O/c1-7-12-22(9-3)19(21-16(6)8-2)23(18(20)24)17-11-10-14(4)13-15(17)5/h10-11,13,16H,7-9,12H2,1-6H3,(H2,20,24). The Balaban J connectivity index is 3.47. The third-order valence-corrected chi connectivity index (χ3v) is 4.10. The average Bonchev–Trinajstić information content (AvgIpc) is 2.53. The zero-order valence-electron chi connectivity index (χ0n) is 16.0. The number of carbonyl (C=O) groups is 1. The molecule has 2 amide bonds. The highest BCUT2D eigenvalue weighted by molar-refractivity contribution is 6.15. The summed E-state index contributed by atoms with van der Waals surface area (Å²) in [4.78, 5) is 20.8. The van der Waals surface area contributed by atoms with Gasteiger partial charge in [0.2, 0.25) is 5.96 Å². The van der Waals surface area contributed by atoms with Gasteiger partial charge in [-0.15, -0.1) is 0 Å². The first-order valence-corrected chi connectivity index (χ1v) is 8.85. The quantitative estimate of drug-likeness (QED) is 0.630. The van der Waals surface area contributed by atoms with Gasteiger partial charge in [-0.05, 0) is 52.2 Å². The molecule has 2 N–H and O–H groups in total. The number of carbonyl (C=O) groups excluding carboxylic acids is 1. The molecule has 0 aliphatic heterocycles. The number of nitrogens with two attached hydrogens (primary N) is 1. The van der Waals surface area contributed by atoms with Gasteiger partial charge < -0.3 is 10.6 Å². The van der Waals surface area contributed by atoms with Crippen molar-refractivity contribution in [1.29, 1.82) is 0 Å². The number of hydrogen-bond donors (Lipinski definition) is 1. The van der Waals surface area contributed by atoms with Gasteiger partial charge in [0.25, 0.3) is 0 Å². The Kier molecular flexibility index (Phi) is 7.75. The minimum absolute atomic E-state index is 0.124. The van der Waals surface area contributed by atoms with Crippen LogP contribution in [0.3, 0.4) is 0 Å². The van der Waals surface area contributed by atoms with E-state index in [1.54, 1.807) is 4.90 Å². The predicted octanol–water partition coefficient (Wildman–Crippen LogP) is 4.07. The molecule has 0 radical (unpaired) electrons. The maximum Gasteiger partial charge on any atom is 0.326 e. The molecule has 1 aromatic carbocycles. The fourth-order valence-electron chi connectivity index (χ4n) is 2.62. The molecule has 0 aromatic heterocycles. The summed E-state index contributed by atoms with van der Waals surface area (Å²) >= 11 is 0. The number of amides is 2. The number of primary amides is 1. The van der Waals surface area contributed by atoms with Gasteiger partial charge in [0.15, 0.2) is 0 Å². The fourth-order valence-corrected chi connectivity index (χ4v) is 2.62. The normalized spacial score (nSPS) is 12.8. The van der Waals surface area contributed by atoms with Gasteiger partial charge >= 0.3 is 6.03 Å². The van der Waals surface area contributed by atoms with E-state index < -0.39 is 6.03 Å². The molecule has 1 aromatic rings. The Morgan fingerprint density at radius 2 is 1.92 bits per heavy atom. The maximum absolute atomic E-state index is 12.3. The van der Waals surface area contributed by atoms with Crippen molar-refractivity contribution in [3.8, 4) is 0 Å². The zero-order chi connectivity index (χ0) is 18.3. The number of rotatable bonds is 6. The summed E-state index contributed by atoms with van der Waals surface area (Å²) in [6.07, 6.45) is 1.89. The smallest absolute Gasteiger partial charge is 0.326 e. The van der Waals surface area contributed by atoms with E-state index in [2.05, 4.69) is 38.7 Å². The van der Waals surface area contributed by atoms with Crippen LogP contribution >= 0.6 is 0 Å². The molecule has 134 valence electrons. The Morgan fingerprint density at radius 3 is 2.38 bits per heavy atom. The number of benzene rings is 1. The van der Waals surface area contributed by atoms with Crippen LogP contribution in [0.5, 0.6) is 0 Å². The van der Waals surface area contributed by atoms with Gasteiger partial charge in [0.05, 0.1) is 11.7 Å². The molecule has 0 aliphatic carbocycles. The second-order valence-electron chi connectivity index (χ2n) is 6.23. The summed E-state index contributed by atoms with van der Waals surface area (Å²) in [6.45, 7) is 14.0. The molecule has 1 rings (SSSR count). The topological polar surface area (TPSA) is 61.9 Å². The lowest BCUT2D eigenvalue weighted by Gasteiger charge is -2.33. The van der Waals surface area contributed by atoms with Crippen LogP contribution < -0.4 is 10.6 Å². The van der Waals surface area contributed by atoms with Crippen molar-refractivity contribution in [1.82, 2.24) is 4.90 Å². The predicted molar refractivity (Wildman–Crippen MR) is 103 cm³/mol. The van der Waals surface area contributed by atoms with Gasteiger partial charge in [-0.3, -0.25) is 0 Å². The van der Waals surface area contributed by atoms with Crippen LogP contribution in [0, 0.1) is 13.8 Å². The lowest BCUT2D eigenvalue weighted by molar-refractivity contribution is 0.255. The van der Waals surface area contributed by atoms with E-state index in [1.165, 1.54) is 0 Å². The molecule has 0 aliphatic rings. The minimum Gasteiger partial charge on any atom is -0.351 e. The van der Waals surface area contributed by atoms with Crippen molar-refractivity contribution in [3.05, 3.63) is 29.3 Å². The third kappa shape index (κ3) is 4.98. The van der Waals surface area contributed by atoms with Gasteiger partial charge in [0, 0.05) is 13.1 Å². The van der Waals surface area contributed by atoms with Crippen molar-refractivity contribution in [2.75, 3.05) is 18.0 Å². The summed E-state index contributed by atoms with van der Waals surface area (Å²) in [5.74, 6) is 0.646. The lowest BCUT2D eigenvalue weighted by Crippen LogP contribution is -2.50. The minimum atomic E-state index is -0.501. The van der Waals surface area contributed by atoms with Gasteiger partial charge in [-0.1, -0.05) is 31.5 Å². The van der Waals surface area contributed by atoms with Crippen molar-refractivity contribution >= 4 is 17.7 Å². The molecule has 1 unspecified atom stereocenters. The van der Waals surface area contributed by atoms with Gasteiger partial charge in [-0.25, -0.2) is 14.7 Å². The zero-order valence-corrected chi connectivity index (χ0v) is 16.0. The van der Waals surface area contributed by atoms with Crippen LogP contribution in [-0.2, 0) is 0 Å². The van der Waals surface area contributed by atoms with Crippen molar-refractivity contribution in [2.45, 2.75) is 60.4 Å². The summed E-state index contributed by atoms with van der Waals surface area (Å²) in [6, 6.07) is 5.62. The summed E-state index contributed by atoms with van der Waals surface area (Å²) < 4.78 is 0. The molecule has 0 saturated heterocycles. The number of hydrogen-bond acceptors (Lipinski definition) is 2. The van der Waals surface area contributed by atoms with Crippen molar-refractivity contribution in [2.24, 2.45) is 10.7 Å². The van der Waals surface area contributed by atoms with Crippen LogP contribution in [-0.4, -0.2) is 36.0 Å². The third-order valence-electron chi connectivity index (χ3n) is 4.10. The molecule has 5 heteroatoms. The summed E-state index contributed by atoms with van der Waals surface area (Å²) in [5, 5.41) is 0. The largest absolute Gasteiger partial charge is 0.351 e. The average molecular weight is 332 g/mol. The van der Waals surface area contributed by atoms with E-state index in [-0.39, 0.29) is 6.04 Å². The SMILES string of the molecule is CCCN(CC)C(=NC(C)CC)N(C(N)=O)c1ccc(C)cc1C. The highest BCUT2D eigenvalue weighted by Gasteiger charge is 2.25. The summed E-state index contributed by atoms with van der Waals surface area (Å²) in [7, 11) is 0. The molecule has 0 bridgehead atoms. The van der Waals surface area contributed by atoms with E-state index >= 15 is 0 Å². The molecule has 0 spiro atoms. The Bertz CT molecular complexity index is 583. The van der Waals surface area contributed by atoms with Crippen LogP contribution in [0.2, 0.25) is 0 Å². The van der Waals surface area contributed by atoms with Crippen molar-refractivity contribution < 1.29 is 4.79 Å². The molecule has 24 heavy (non-hydrogen) atoms. The van der Waals surface area contributed by atoms with Crippen LogP contribution in [0.25, 0.3) is 0 Å². The first-order valence-electron chi connectivity index (χ1n) is 8.85. The lowest BCUT2D eigenvalue weighted by atomic mass is 10.1. The summed E-state index contributed by atoms with van der Waals surface area (Å²) in [5.41, 5.74) is 8.72. The Hall–Kier alpha value is -2.04. The number of anilines is 1. The van der Waals surface area contributed by atoms with E-state index in [4.69, 9.17) is 10.7 Å². The van der Waals surface area contributed by atoms with E-state index in [0.29, 0.717) is 5.96 Å². The fraction of sp³-hybridized carbons (Fsp3) is 0.579. The number of aliphatic imine (C=N–C) groups is 1. The van der Waals surface area contributed by atoms with Crippen LogP contribution in [0.15, 0.2) is 23.2 Å². The molecular formula is C19H32N4O. The number of aryl methyl sites for hydroxylation is 2. The van der Waals surface area contributed by atoms with Crippen LogP contribution in [0.1, 0.15) is 51.7 Å².